The fraction of sp³-hybridized carbons (Fsp3) is 0.238. The SMILES string of the molecule is O=C1NCCCCC1Sc1ncc(-c2ccccc2)n1-c1ccccc1. The van der Waals surface area contributed by atoms with Gasteiger partial charge in [-0.2, -0.15) is 0 Å². The molecule has 26 heavy (non-hydrogen) atoms. The molecule has 1 saturated heterocycles. The van der Waals surface area contributed by atoms with Crippen molar-refractivity contribution < 1.29 is 4.79 Å². The van der Waals surface area contributed by atoms with Crippen LogP contribution in [0.4, 0.5) is 0 Å². The van der Waals surface area contributed by atoms with Gasteiger partial charge in [0.1, 0.15) is 0 Å². The van der Waals surface area contributed by atoms with Crippen LogP contribution in [0.15, 0.2) is 72.0 Å². The van der Waals surface area contributed by atoms with Crippen molar-refractivity contribution in [1.82, 2.24) is 14.9 Å². The second-order valence-corrected chi connectivity index (χ2v) is 7.53. The zero-order chi connectivity index (χ0) is 17.8. The fourth-order valence-electron chi connectivity index (χ4n) is 3.21. The van der Waals surface area contributed by atoms with Gasteiger partial charge < -0.3 is 5.32 Å². The van der Waals surface area contributed by atoms with Crippen molar-refractivity contribution in [1.29, 1.82) is 0 Å². The molecule has 2 heterocycles. The Labute approximate surface area is 157 Å². The highest BCUT2D eigenvalue weighted by Crippen LogP contribution is 2.33. The summed E-state index contributed by atoms with van der Waals surface area (Å²) in [4.78, 5) is 17.0. The maximum Gasteiger partial charge on any atom is 0.233 e. The molecule has 1 N–H and O–H groups in total. The van der Waals surface area contributed by atoms with Gasteiger partial charge in [-0.15, -0.1) is 0 Å². The topological polar surface area (TPSA) is 46.9 Å². The number of aromatic nitrogens is 2. The quantitative estimate of drug-likeness (QED) is 0.752. The minimum atomic E-state index is -0.0917. The molecule has 0 radical (unpaired) electrons. The number of carbonyl (C=O) groups is 1. The number of nitrogens with zero attached hydrogens (tertiary/aromatic N) is 2. The van der Waals surface area contributed by atoms with E-state index in [4.69, 9.17) is 0 Å². The van der Waals surface area contributed by atoms with Gasteiger partial charge in [0.05, 0.1) is 17.1 Å². The van der Waals surface area contributed by atoms with Crippen LogP contribution in [0.2, 0.25) is 0 Å². The molecule has 132 valence electrons. The highest BCUT2D eigenvalue weighted by molar-refractivity contribution is 8.00. The number of para-hydroxylation sites is 1. The third-order valence-corrected chi connectivity index (χ3v) is 5.78. The predicted octanol–water partition coefficient (Wildman–Crippen LogP) is 4.30. The van der Waals surface area contributed by atoms with E-state index in [1.807, 2.05) is 42.6 Å². The summed E-state index contributed by atoms with van der Waals surface area (Å²) in [6.45, 7) is 0.776. The van der Waals surface area contributed by atoms with Crippen molar-refractivity contribution >= 4 is 17.7 Å². The number of benzene rings is 2. The van der Waals surface area contributed by atoms with Gasteiger partial charge in [0.25, 0.3) is 0 Å². The van der Waals surface area contributed by atoms with Crippen molar-refractivity contribution in [3.05, 3.63) is 66.9 Å². The van der Waals surface area contributed by atoms with E-state index in [-0.39, 0.29) is 11.2 Å². The van der Waals surface area contributed by atoms with E-state index in [1.54, 1.807) is 11.8 Å². The van der Waals surface area contributed by atoms with Gasteiger partial charge in [0.15, 0.2) is 5.16 Å². The van der Waals surface area contributed by atoms with Crippen molar-refractivity contribution in [2.45, 2.75) is 29.7 Å². The van der Waals surface area contributed by atoms with Crippen LogP contribution in [0.3, 0.4) is 0 Å². The maximum absolute atomic E-state index is 12.4. The number of amides is 1. The van der Waals surface area contributed by atoms with Gasteiger partial charge in [-0.1, -0.05) is 66.7 Å². The molecule has 1 amide bonds. The van der Waals surface area contributed by atoms with Crippen LogP contribution in [0.1, 0.15) is 19.3 Å². The summed E-state index contributed by atoms with van der Waals surface area (Å²) in [6, 6.07) is 20.5. The van der Waals surface area contributed by atoms with E-state index >= 15 is 0 Å². The number of nitrogens with one attached hydrogen (secondary N) is 1. The van der Waals surface area contributed by atoms with E-state index < -0.39 is 0 Å². The van der Waals surface area contributed by atoms with E-state index in [2.05, 4.69) is 39.1 Å². The van der Waals surface area contributed by atoms with Gasteiger partial charge in [-0.3, -0.25) is 9.36 Å². The van der Waals surface area contributed by atoms with Crippen molar-refractivity contribution in [3.8, 4) is 16.9 Å². The first-order chi connectivity index (χ1) is 12.8. The van der Waals surface area contributed by atoms with Crippen LogP contribution < -0.4 is 5.32 Å². The van der Waals surface area contributed by atoms with Crippen LogP contribution in [-0.4, -0.2) is 27.3 Å². The van der Waals surface area contributed by atoms with Gasteiger partial charge in [-0.25, -0.2) is 4.98 Å². The molecule has 1 unspecified atom stereocenters. The van der Waals surface area contributed by atoms with Crippen molar-refractivity contribution in [2.75, 3.05) is 6.54 Å². The average Bonchev–Trinajstić information content (AvgIpc) is 3.00. The Morgan fingerprint density at radius 3 is 2.50 bits per heavy atom. The van der Waals surface area contributed by atoms with Crippen LogP contribution >= 0.6 is 11.8 Å². The lowest BCUT2D eigenvalue weighted by Gasteiger charge is -2.15. The number of thioether (sulfide) groups is 1. The lowest BCUT2D eigenvalue weighted by atomic mass is 10.1. The van der Waals surface area contributed by atoms with E-state index in [9.17, 15) is 4.79 Å². The molecule has 5 heteroatoms. The molecule has 1 fully saturated rings. The zero-order valence-corrected chi connectivity index (χ0v) is 15.3. The van der Waals surface area contributed by atoms with Gasteiger partial charge >= 0.3 is 0 Å². The number of imidazole rings is 1. The molecule has 2 aromatic carbocycles. The van der Waals surface area contributed by atoms with Crippen LogP contribution in [0.5, 0.6) is 0 Å². The van der Waals surface area contributed by atoms with Crippen LogP contribution in [-0.2, 0) is 4.79 Å². The van der Waals surface area contributed by atoms with Crippen LogP contribution in [0.25, 0.3) is 16.9 Å². The molecule has 4 rings (SSSR count). The summed E-state index contributed by atoms with van der Waals surface area (Å²) in [6.07, 6.45) is 4.90. The monoisotopic (exact) mass is 363 g/mol. The van der Waals surface area contributed by atoms with Crippen LogP contribution in [0, 0.1) is 0 Å². The van der Waals surface area contributed by atoms with E-state index in [1.165, 1.54) is 0 Å². The first kappa shape index (κ1) is 16.9. The second kappa shape index (κ2) is 7.79. The number of rotatable bonds is 4. The largest absolute Gasteiger partial charge is 0.355 e. The zero-order valence-electron chi connectivity index (χ0n) is 14.5. The lowest BCUT2D eigenvalue weighted by Crippen LogP contribution is -2.30. The first-order valence-corrected chi connectivity index (χ1v) is 9.84. The van der Waals surface area contributed by atoms with Gasteiger partial charge in [-0.05, 0) is 25.0 Å². The molecular formula is C21H21N3OS. The molecule has 0 aliphatic carbocycles. The summed E-state index contributed by atoms with van der Waals surface area (Å²) < 4.78 is 2.15. The van der Waals surface area contributed by atoms with E-state index in [0.717, 1.165) is 47.9 Å². The highest BCUT2D eigenvalue weighted by Gasteiger charge is 2.25. The number of hydrogen-bond donors (Lipinski definition) is 1. The number of hydrogen-bond acceptors (Lipinski definition) is 3. The molecular weight excluding hydrogens is 342 g/mol. The average molecular weight is 363 g/mol. The molecule has 0 saturated carbocycles. The normalized spacial score (nSPS) is 17.5. The second-order valence-electron chi connectivity index (χ2n) is 6.36. The lowest BCUT2D eigenvalue weighted by molar-refractivity contribution is -0.120. The summed E-state index contributed by atoms with van der Waals surface area (Å²) >= 11 is 1.56. The minimum Gasteiger partial charge on any atom is -0.355 e. The molecule has 3 aromatic rings. The summed E-state index contributed by atoms with van der Waals surface area (Å²) in [5.74, 6) is 0.122. The summed E-state index contributed by atoms with van der Waals surface area (Å²) in [5, 5.41) is 3.78. The van der Waals surface area contributed by atoms with Gasteiger partial charge in [0.2, 0.25) is 5.91 Å². The molecule has 1 atom stereocenters. The Bertz CT molecular complexity index is 877. The Hall–Kier alpha value is -2.53. The number of carbonyl (C=O) groups excluding carboxylic acids is 1. The highest BCUT2D eigenvalue weighted by atomic mass is 32.2. The molecule has 1 aromatic heterocycles. The molecule has 1 aliphatic rings. The Kier molecular flexibility index (Phi) is 5.07. The Morgan fingerprint density at radius 1 is 1.00 bits per heavy atom. The fourth-order valence-corrected chi connectivity index (χ4v) is 4.36. The smallest absolute Gasteiger partial charge is 0.233 e. The summed E-state index contributed by atoms with van der Waals surface area (Å²) in [5.41, 5.74) is 3.20. The predicted molar refractivity (Wildman–Crippen MR) is 106 cm³/mol. The van der Waals surface area contributed by atoms with Crippen molar-refractivity contribution in [2.24, 2.45) is 0 Å². The Morgan fingerprint density at radius 2 is 1.73 bits per heavy atom. The first-order valence-electron chi connectivity index (χ1n) is 8.96. The van der Waals surface area contributed by atoms with E-state index in [0.29, 0.717) is 0 Å². The molecule has 4 nitrogen and oxygen atoms in total. The molecule has 1 aliphatic heterocycles. The third-order valence-electron chi connectivity index (χ3n) is 4.55. The molecule has 0 spiro atoms. The third kappa shape index (κ3) is 3.53. The Balaban J connectivity index is 1.75. The standard InChI is InChI=1S/C21H21N3OS/c25-20-19(13-7-8-14-22-20)26-21-23-15-18(16-9-3-1-4-10-16)24(21)17-11-5-2-6-12-17/h1-6,9-12,15,19H,7-8,13-14H2,(H,22,25). The minimum absolute atomic E-state index is 0.0917. The summed E-state index contributed by atoms with van der Waals surface area (Å²) in [7, 11) is 0. The maximum atomic E-state index is 12.4. The van der Waals surface area contributed by atoms with Crippen molar-refractivity contribution in [3.63, 3.8) is 0 Å². The van der Waals surface area contributed by atoms with Gasteiger partial charge in [0, 0.05) is 17.8 Å². The molecule has 0 bridgehead atoms.